The third-order valence-electron chi connectivity index (χ3n) is 3.93. The van der Waals surface area contributed by atoms with Gasteiger partial charge in [-0.25, -0.2) is 0 Å². The number of nitrogens with zero attached hydrogens (tertiary/aromatic N) is 2. The van der Waals surface area contributed by atoms with E-state index in [2.05, 4.69) is 10.3 Å². The number of carbonyl (C=O) groups excluding carboxylic acids is 1. The molecular formula is C17H21N3O3. The fourth-order valence-corrected chi connectivity index (χ4v) is 3.03. The number of pyridine rings is 1. The molecule has 1 fully saturated rings. The first-order valence-electron chi connectivity index (χ1n) is 7.75. The fourth-order valence-electron chi connectivity index (χ4n) is 3.03. The number of amides is 1. The van der Waals surface area contributed by atoms with Gasteiger partial charge in [0.2, 0.25) is 5.91 Å². The minimum absolute atomic E-state index is 0.101. The van der Waals surface area contributed by atoms with Crippen LogP contribution in [0.25, 0.3) is 10.9 Å². The van der Waals surface area contributed by atoms with E-state index < -0.39 is 12.2 Å². The summed E-state index contributed by atoms with van der Waals surface area (Å²) in [5, 5.41) is 23.2. The van der Waals surface area contributed by atoms with E-state index >= 15 is 0 Å². The summed E-state index contributed by atoms with van der Waals surface area (Å²) >= 11 is 0. The fraction of sp³-hybridized carbons (Fsp3) is 0.412. The zero-order valence-electron chi connectivity index (χ0n) is 13.1. The van der Waals surface area contributed by atoms with Crippen LogP contribution in [-0.4, -0.2) is 51.3 Å². The van der Waals surface area contributed by atoms with E-state index in [4.69, 9.17) is 0 Å². The predicted molar refractivity (Wildman–Crippen MR) is 88.0 cm³/mol. The maximum atomic E-state index is 11.1. The Hall–Kier alpha value is -2.02. The SMILES string of the molecule is CC(=O)Nc1ccc2nc(CN3C[C@H](O)C[C@@H](O)C3)ccc2c1. The van der Waals surface area contributed by atoms with Crippen molar-refractivity contribution >= 4 is 22.5 Å². The van der Waals surface area contributed by atoms with E-state index in [9.17, 15) is 15.0 Å². The van der Waals surface area contributed by atoms with Crippen molar-refractivity contribution in [3.63, 3.8) is 0 Å². The van der Waals surface area contributed by atoms with Gasteiger partial charge in [0.05, 0.1) is 23.4 Å². The number of benzene rings is 1. The number of carbonyl (C=O) groups is 1. The Morgan fingerprint density at radius 2 is 2.00 bits per heavy atom. The minimum Gasteiger partial charge on any atom is -0.392 e. The number of piperidine rings is 1. The van der Waals surface area contributed by atoms with Crippen molar-refractivity contribution in [3.05, 3.63) is 36.0 Å². The smallest absolute Gasteiger partial charge is 0.221 e. The van der Waals surface area contributed by atoms with Gasteiger partial charge in [-0.1, -0.05) is 6.07 Å². The summed E-state index contributed by atoms with van der Waals surface area (Å²) in [6, 6.07) is 9.51. The van der Waals surface area contributed by atoms with Gasteiger partial charge in [0, 0.05) is 44.1 Å². The van der Waals surface area contributed by atoms with Crippen LogP contribution in [0.3, 0.4) is 0 Å². The van der Waals surface area contributed by atoms with Crippen molar-refractivity contribution in [1.82, 2.24) is 9.88 Å². The molecular weight excluding hydrogens is 294 g/mol. The molecule has 3 rings (SSSR count). The van der Waals surface area contributed by atoms with Gasteiger partial charge in [0.15, 0.2) is 0 Å². The normalized spacial score (nSPS) is 22.2. The first-order valence-corrected chi connectivity index (χ1v) is 7.75. The van der Waals surface area contributed by atoms with Gasteiger partial charge in [-0.3, -0.25) is 14.7 Å². The summed E-state index contributed by atoms with van der Waals surface area (Å²) in [5.74, 6) is -0.101. The zero-order chi connectivity index (χ0) is 16.4. The van der Waals surface area contributed by atoms with Gasteiger partial charge in [-0.2, -0.15) is 0 Å². The lowest BCUT2D eigenvalue weighted by atomic mass is 10.1. The van der Waals surface area contributed by atoms with Crippen LogP contribution in [0.5, 0.6) is 0 Å². The molecule has 1 aliphatic heterocycles. The molecule has 0 aliphatic carbocycles. The maximum Gasteiger partial charge on any atom is 0.221 e. The highest BCUT2D eigenvalue weighted by Gasteiger charge is 2.24. The summed E-state index contributed by atoms with van der Waals surface area (Å²) < 4.78 is 0. The molecule has 0 radical (unpaired) electrons. The zero-order valence-corrected chi connectivity index (χ0v) is 13.1. The number of aliphatic hydroxyl groups excluding tert-OH is 2. The molecule has 0 unspecified atom stereocenters. The molecule has 122 valence electrons. The summed E-state index contributed by atoms with van der Waals surface area (Å²) in [5.41, 5.74) is 2.50. The van der Waals surface area contributed by atoms with Crippen LogP contribution in [0, 0.1) is 0 Å². The highest BCUT2D eigenvalue weighted by atomic mass is 16.3. The number of β-amino-alcohol motifs (C(OH)–C–C–N with tert-alkyl or cyclic N) is 2. The van der Waals surface area contributed by atoms with Crippen molar-refractivity contribution in [3.8, 4) is 0 Å². The van der Waals surface area contributed by atoms with E-state index in [-0.39, 0.29) is 5.91 Å². The van der Waals surface area contributed by atoms with Crippen molar-refractivity contribution in [1.29, 1.82) is 0 Å². The molecule has 1 amide bonds. The molecule has 23 heavy (non-hydrogen) atoms. The molecule has 0 saturated carbocycles. The standard InChI is InChI=1S/C17H21N3O3/c1-11(21)18-13-4-5-17-12(6-13)2-3-14(19-17)8-20-9-15(22)7-16(23)10-20/h2-6,15-16,22-23H,7-10H2,1H3,(H,18,21)/t15-,16-/m1/s1. The number of nitrogens with one attached hydrogen (secondary N) is 1. The van der Waals surface area contributed by atoms with E-state index in [0.29, 0.717) is 26.1 Å². The van der Waals surface area contributed by atoms with E-state index in [0.717, 1.165) is 22.3 Å². The predicted octanol–water partition coefficient (Wildman–Crippen LogP) is 1.12. The Labute approximate surface area is 134 Å². The lowest BCUT2D eigenvalue weighted by Crippen LogP contribution is -2.45. The molecule has 2 atom stereocenters. The number of hydrogen-bond acceptors (Lipinski definition) is 5. The van der Waals surface area contributed by atoms with Crippen LogP contribution >= 0.6 is 0 Å². The molecule has 3 N–H and O–H groups in total. The Morgan fingerprint density at radius 1 is 1.26 bits per heavy atom. The van der Waals surface area contributed by atoms with Crippen molar-refractivity contribution < 1.29 is 15.0 Å². The maximum absolute atomic E-state index is 11.1. The second-order valence-corrected chi connectivity index (χ2v) is 6.13. The average molecular weight is 315 g/mol. The lowest BCUT2D eigenvalue weighted by molar-refractivity contribution is -0.114. The van der Waals surface area contributed by atoms with Gasteiger partial charge in [-0.05, 0) is 24.3 Å². The summed E-state index contributed by atoms with van der Waals surface area (Å²) in [6.07, 6.45) is -0.535. The summed E-state index contributed by atoms with van der Waals surface area (Å²) in [4.78, 5) is 17.7. The molecule has 2 heterocycles. The largest absolute Gasteiger partial charge is 0.392 e. The number of fused-ring (bicyclic) bond motifs is 1. The van der Waals surface area contributed by atoms with Gasteiger partial charge in [0.25, 0.3) is 0 Å². The number of hydrogen-bond donors (Lipinski definition) is 3. The topological polar surface area (TPSA) is 85.7 Å². The second kappa shape index (κ2) is 6.62. The van der Waals surface area contributed by atoms with Crippen LogP contribution in [-0.2, 0) is 11.3 Å². The molecule has 1 aromatic heterocycles. The lowest BCUT2D eigenvalue weighted by Gasteiger charge is -2.32. The second-order valence-electron chi connectivity index (χ2n) is 6.13. The summed E-state index contributed by atoms with van der Waals surface area (Å²) in [7, 11) is 0. The minimum atomic E-state index is -0.487. The number of aromatic nitrogens is 1. The van der Waals surface area contributed by atoms with E-state index in [1.54, 1.807) is 0 Å². The van der Waals surface area contributed by atoms with Crippen molar-refractivity contribution in [2.45, 2.75) is 32.1 Å². The quantitative estimate of drug-likeness (QED) is 0.790. The monoisotopic (exact) mass is 315 g/mol. The molecule has 1 saturated heterocycles. The first kappa shape index (κ1) is 15.9. The van der Waals surface area contributed by atoms with E-state index in [1.807, 2.05) is 35.2 Å². The van der Waals surface area contributed by atoms with Crippen molar-refractivity contribution in [2.75, 3.05) is 18.4 Å². The highest BCUT2D eigenvalue weighted by molar-refractivity contribution is 5.92. The highest BCUT2D eigenvalue weighted by Crippen LogP contribution is 2.20. The Kier molecular flexibility index (Phi) is 4.56. The number of aliphatic hydroxyl groups is 2. The van der Waals surface area contributed by atoms with Gasteiger partial charge in [0.1, 0.15) is 0 Å². The number of rotatable bonds is 3. The van der Waals surface area contributed by atoms with Crippen LogP contribution < -0.4 is 5.32 Å². The van der Waals surface area contributed by atoms with Crippen molar-refractivity contribution in [2.24, 2.45) is 0 Å². The Morgan fingerprint density at radius 3 is 2.70 bits per heavy atom. The van der Waals surface area contributed by atoms with Crippen LogP contribution in [0.15, 0.2) is 30.3 Å². The summed E-state index contributed by atoms with van der Waals surface area (Å²) in [6.45, 7) is 3.18. The molecule has 0 spiro atoms. The van der Waals surface area contributed by atoms with Gasteiger partial charge in [-0.15, -0.1) is 0 Å². The number of anilines is 1. The molecule has 6 heteroatoms. The van der Waals surface area contributed by atoms with Gasteiger partial charge < -0.3 is 15.5 Å². The average Bonchev–Trinajstić information content (AvgIpc) is 2.45. The van der Waals surface area contributed by atoms with Crippen LogP contribution in [0.4, 0.5) is 5.69 Å². The molecule has 2 aromatic rings. The molecule has 6 nitrogen and oxygen atoms in total. The van der Waals surface area contributed by atoms with Crippen LogP contribution in [0.2, 0.25) is 0 Å². The van der Waals surface area contributed by atoms with E-state index in [1.165, 1.54) is 6.92 Å². The third-order valence-corrected chi connectivity index (χ3v) is 3.93. The van der Waals surface area contributed by atoms with Gasteiger partial charge >= 0.3 is 0 Å². The third kappa shape index (κ3) is 4.04. The molecule has 0 bridgehead atoms. The van der Waals surface area contributed by atoms with Crippen LogP contribution in [0.1, 0.15) is 19.0 Å². The Balaban J connectivity index is 1.76. The Bertz CT molecular complexity index is 709. The first-order chi connectivity index (χ1) is 11.0. The molecule has 1 aromatic carbocycles. The molecule has 1 aliphatic rings. The number of likely N-dealkylation sites (tertiary alicyclic amines) is 1.